The van der Waals surface area contributed by atoms with Gasteiger partial charge in [0.25, 0.3) is 0 Å². The van der Waals surface area contributed by atoms with Gasteiger partial charge in [-0.1, -0.05) is 6.07 Å². The minimum atomic E-state index is -4.31. The molecule has 0 bridgehead atoms. The number of nitrogens with two attached hydrogens (primary N) is 1. The first-order valence-corrected chi connectivity index (χ1v) is 5.24. The van der Waals surface area contributed by atoms with Crippen molar-refractivity contribution in [1.29, 1.82) is 0 Å². The summed E-state index contributed by atoms with van der Waals surface area (Å²) < 4.78 is 55.0. The standard InChI is InChI=1S/C11H14F4N2O/c1-18-9-4-2-3-7(12)10(9)8(17-16)5-6-11(13,14)15/h2-4,8,17H,5-6,16H2,1H3. The van der Waals surface area contributed by atoms with Gasteiger partial charge in [-0.2, -0.15) is 13.2 Å². The maximum Gasteiger partial charge on any atom is 0.389 e. The second-order valence-corrected chi connectivity index (χ2v) is 3.73. The van der Waals surface area contributed by atoms with Gasteiger partial charge in [-0.3, -0.25) is 11.3 Å². The summed E-state index contributed by atoms with van der Waals surface area (Å²) in [7, 11) is 1.32. The first kappa shape index (κ1) is 14.7. The number of rotatable bonds is 5. The fourth-order valence-electron chi connectivity index (χ4n) is 1.65. The Morgan fingerprint density at radius 3 is 2.56 bits per heavy atom. The maximum atomic E-state index is 13.6. The van der Waals surface area contributed by atoms with Gasteiger partial charge in [0.05, 0.1) is 13.2 Å². The number of ether oxygens (including phenoxy) is 1. The molecule has 0 saturated heterocycles. The number of hydrogen-bond donors (Lipinski definition) is 2. The minimum Gasteiger partial charge on any atom is -0.496 e. The highest BCUT2D eigenvalue weighted by Gasteiger charge is 2.30. The highest BCUT2D eigenvalue weighted by Crippen LogP contribution is 2.33. The molecule has 0 heterocycles. The van der Waals surface area contributed by atoms with Crippen molar-refractivity contribution in [2.75, 3.05) is 7.11 Å². The van der Waals surface area contributed by atoms with Crippen molar-refractivity contribution >= 4 is 0 Å². The third kappa shape index (κ3) is 3.85. The van der Waals surface area contributed by atoms with Crippen LogP contribution in [0.4, 0.5) is 17.6 Å². The van der Waals surface area contributed by atoms with Crippen LogP contribution < -0.4 is 16.0 Å². The highest BCUT2D eigenvalue weighted by atomic mass is 19.4. The van der Waals surface area contributed by atoms with E-state index in [-0.39, 0.29) is 17.7 Å². The normalized spacial score (nSPS) is 13.4. The van der Waals surface area contributed by atoms with E-state index in [1.165, 1.54) is 19.2 Å². The Morgan fingerprint density at radius 1 is 1.39 bits per heavy atom. The van der Waals surface area contributed by atoms with Crippen molar-refractivity contribution in [3.63, 3.8) is 0 Å². The molecule has 0 saturated carbocycles. The van der Waals surface area contributed by atoms with Crippen LogP contribution in [0.5, 0.6) is 5.75 Å². The lowest BCUT2D eigenvalue weighted by Crippen LogP contribution is -2.30. The van der Waals surface area contributed by atoms with E-state index in [0.29, 0.717) is 0 Å². The Balaban J connectivity index is 2.94. The Hall–Kier alpha value is -1.34. The van der Waals surface area contributed by atoms with Gasteiger partial charge in [-0.15, -0.1) is 0 Å². The van der Waals surface area contributed by atoms with Gasteiger partial charge >= 0.3 is 6.18 Å². The SMILES string of the molecule is COc1cccc(F)c1C(CCC(F)(F)F)NN. The summed E-state index contributed by atoms with van der Waals surface area (Å²) in [6, 6.07) is 3.07. The smallest absolute Gasteiger partial charge is 0.389 e. The third-order valence-electron chi connectivity index (χ3n) is 2.50. The van der Waals surface area contributed by atoms with Crippen LogP contribution in [0.15, 0.2) is 18.2 Å². The summed E-state index contributed by atoms with van der Waals surface area (Å²) in [6.07, 6.45) is -5.73. The second kappa shape index (κ2) is 6.01. The van der Waals surface area contributed by atoms with E-state index in [9.17, 15) is 17.6 Å². The van der Waals surface area contributed by atoms with Crippen molar-refractivity contribution in [2.24, 2.45) is 5.84 Å². The van der Waals surface area contributed by atoms with Gasteiger partial charge in [0.2, 0.25) is 0 Å². The maximum absolute atomic E-state index is 13.6. The molecule has 1 aromatic rings. The predicted octanol–water partition coefficient (Wildman–Crippen LogP) is 2.68. The molecule has 0 aliphatic carbocycles. The van der Waals surface area contributed by atoms with Crippen LogP contribution in [-0.2, 0) is 0 Å². The molecule has 0 aromatic heterocycles. The first-order chi connectivity index (χ1) is 8.39. The molecule has 7 heteroatoms. The van der Waals surface area contributed by atoms with E-state index in [0.717, 1.165) is 6.07 Å². The average molecular weight is 266 g/mol. The van der Waals surface area contributed by atoms with Crippen molar-refractivity contribution < 1.29 is 22.3 Å². The van der Waals surface area contributed by atoms with Crippen molar-refractivity contribution in [1.82, 2.24) is 5.43 Å². The van der Waals surface area contributed by atoms with E-state index < -0.39 is 24.5 Å². The molecule has 1 unspecified atom stereocenters. The number of halogens is 4. The first-order valence-electron chi connectivity index (χ1n) is 5.24. The quantitative estimate of drug-likeness (QED) is 0.489. The molecule has 0 aliphatic rings. The molecular formula is C11H14F4N2O. The lowest BCUT2D eigenvalue weighted by atomic mass is 10.0. The second-order valence-electron chi connectivity index (χ2n) is 3.73. The predicted molar refractivity (Wildman–Crippen MR) is 58.3 cm³/mol. The molecule has 0 spiro atoms. The Morgan fingerprint density at radius 2 is 2.06 bits per heavy atom. The number of alkyl halides is 3. The topological polar surface area (TPSA) is 47.3 Å². The molecule has 1 rings (SSSR count). The summed E-state index contributed by atoms with van der Waals surface area (Å²) in [6.45, 7) is 0. The van der Waals surface area contributed by atoms with Crippen LogP contribution in [0, 0.1) is 5.82 Å². The van der Waals surface area contributed by atoms with E-state index in [2.05, 4.69) is 5.43 Å². The summed E-state index contributed by atoms with van der Waals surface area (Å²) >= 11 is 0. The summed E-state index contributed by atoms with van der Waals surface area (Å²) in [5, 5.41) is 0. The zero-order chi connectivity index (χ0) is 13.8. The number of benzene rings is 1. The fourth-order valence-corrected chi connectivity index (χ4v) is 1.65. The van der Waals surface area contributed by atoms with E-state index in [1.54, 1.807) is 0 Å². The number of nitrogens with one attached hydrogen (secondary N) is 1. The zero-order valence-corrected chi connectivity index (χ0v) is 9.72. The van der Waals surface area contributed by atoms with Gasteiger partial charge in [0, 0.05) is 12.0 Å². The van der Waals surface area contributed by atoms with Crippen molar-refractivity contribution in [3.8, 4) is 5.75 Å². The molecule has 0 radical (unpaired) electrons. The molecule has 1 atom stereocenters. The zero-order valence-electron chi connectivity index (χ0n) is 9.72. The van der Waals surface area contributed by atoms with Gasteiger partial charge in [0.1, 0.15) is 11.6 Å². The molecular weight excluding hydrogens is 252 g/mol. The van der Waals surface area contributed by atoms with Crippen molar-refractivity contribution in [2.45, 2.75) is 25.1 Å². The molecule has 0 fully saturated rings. The molecule has 102 valence electrons. The Bertz CT molecular complexity index is 395. The molecule has 1 aromatic carbocycles. The monoisotopic (exact) mass is 266 g/mol. The average Bonchev–Trinajstić information content (AvgIpc) is 2.30. The number of hydrazine groups is 1. The van der Waals surface area contributed by atoms with Gasteiger partial charge in [0.15, 0.2) is 0 Å². The van der Waals surface area contributed by atoms with Crippen LogP contribution in [0.2, 0.25) is 0 Å². The third-order valence-corrected chi connectivity index (χ3v) is 2.50. The van der Waals surface area contributed by atoms with Crippen LogP contribution in [0.3, 0.4) is 0 Å². The van der Waals surface area contributed by atoms with Crippen molar-refractivity contribution in [3.05, 3.63) is 29.6 Å². The number of methoxy groups -OCH3 is 1. The molecule has 0 aliphatic heterocycles. The van der Waals surface area contributed by atoms with Crippen LogP contribution in [-0.4, -0.2) is 13.3 Å². The fraction of sp³-hybridized carbons (Fsp3) is 0.455. The lowest BCUT2D eigenvalue weighted by Gasteiger charge is -2.20. The Kier molecular flexibility index (Phi) is 4.92. The molecule has 3 N–H and O–H groups in total. The van der Waals surface area contributed by atoms with Gasteiger partial charge in [-0.05, 0) is 18.6 Å². The molecule has 3 nitrogen and oxygen atoms in total. The molecule has 18 heavy (non-hydrogen) atoms. The van der Waals surface area contributed by atoms with Crippen LogP contribution >= 0.6 is 0 Å². The largest absolute Gasteiger partial charge is 0.496 e. The number of hydrogen-bond acceptors (Lipinski definition) is 3. The van der Waals surface area contributed by atoms with E-state index >= 15 is 0 Å². The summed E-state index contributed by atoms with van der Waals surface area (Å²) in [4.78, 5) is 0. The van der Waals surface area contributed by atoms with E-state index in [4.69, 9.17) is 10.6 Å². The van der Waals surface area contributed by atoms with Crippen LogP contribution in [0.25, 0.3) is 0 Å². The van der Waals surface area contributed by atoms with E-state index in [1.807, 2.05) is 0 Å². The lowest BCUT2D eigenvalue weighted by molar-refractivity contribution is -0.136. The minimum absolute atomic E-state index is 0.00625. The highest BCUT2D eigenvalue weighted by molar-refractivity contribution is 5.37. The summed E-state index contributed by atoms with van der Waals surface area (Å²) in [5.74, 6) is 4.70. The summed E-state index contributed by atoms with van der Waals surface area (Å²) in [5.41, 5.74) is 2.19. The van der Waals surface area contributed by atoms with Gasteiger partial charge < -0.3 is 4.74 Å². The Labute approximate surface area is 102 Å². The molecule has 0 amide bonds. The van der Waals surface area contributed by atoms with Gasteiger partial charge in [-0.25, -0.2) is 4.39 Å². The van der Waals surface area contributed by atoms with Crippen LogP contribution in [0.1, 0.15) is 24.4 Å².